The van der Waals surface area contributed by atoms with Crippen molar-refractivity contribution in [2.24, 2.45) is 0 Å². The Hall–Kier alpha value is -2.05. The van der Waals surface area contributed by atoms with Crippen LogP contribution >= 0.6 is 43.5 Å². The van der Waals surface area contributed by atoms with Crippen LogP contribution in [0.5, 0.6) is 0 Å². The SMILES string of the molecule is CC(NC(=O)c1ccc(/C=C/C(c2cc(Cl)cc(Br)c2)C(F)(F)F)cc1Br)C(=O)NCC(F)(F)F. The van der Waals surface area contributed by atoms with Crippen LogP contribution in [0.1, 0.15) is 34.3 Å². The van der Waals surface area contributed by atoms with Crippen molar-refractivity contribution in [2.45, 2.75) is 31.2 Å². The Morgan fingerprint density at radius 1 is 1.06 bits per heavy atom. The van der Waals surface area contributed by atoms with E-state index in [0.29, 0.717) is 10.0 Å². The second kappa shape index (κ2) is 11.8. The maximum absolute atomic E-state index is 13.7. The Balaban J connectivity index is 2.16. The molecule has 2 rings (SSSR count). The minimum absolute atomic E-state index is 0.0313. The molecule has 2 N–H and O–H groups in total. The number of halogens is 9. The quantitative estimate of drug-likeness (QED) is 0.317. The Kier molecular flexibility index (Phi) is 9.83. The fourth-order valence-corrected chi connectivity index (χ4v) is 4.33. The van der Waals surface area contributed by atoms with Gasteiger partial charge in [0.25, 0.3) is 5.91 Å². The Morgan fingerprint density at radius 2 is 1.71 bits per heavy atom. The Morgan fingerprint density at radius 3 is 2.26 bits per heavy atom. The van der Waals surface area contributed by atoms with Crippen LogP contribution in [0.15, 0.2) is 51.4 Å². The summed E-state index contributed by atoms with van der Waals surface area (Å²) in [6.07, 6.45) is -7.01. The molecule has 13 heteroatoms. The van der Waals surface area contributed by atoms with Crippen molar-refractivity contribution in [1.82, 2.24) is 10.6 Å². The van der Waals surface area contributed by atoms with Crippen LogP contribution in [0.3, 0.4) is 0 Å². The molecule has 0 aliphatic carbocycles. The molecule has 0 bridgehead atoms. The van der Waals surface area contributed by atoms with Gasteiger partial charge in [-0.25, -0.2) is 0 Å². The fourth-order valence-electron chi connectivity index (χ4n) is 2.87. The van der Waals surface area contributed by atoms with Crippen LogP contribution in [0, 0.1) is 0 Å². The first-order chi connectivity index (χ1) is 16.1. The molecule has 0 aromatic heterocycles. The zero-order chi connectivity index (χ0) is 26.6. The molecule has 0 heterocycles. The highest BCUT2D eigenvalue weighted by molar-refractivity contribution is 9.10. The van der Waals surface area contributed by atoms with Crippen LogP contribution in [0.25, 0.3) is 6.08 Å². The molecule has 35 heavy (non-hydrogen) atoms. The zero-order valence-electron chi connectivity index (χ0n) is 17.7. The van der Waals surface area contributed by atoms with Crippen LogP contribution in [-0.2, 0) is 4.79 Å². The van der Waals surface area contributed by atoms with E-state index in [4.69, 9.17) is 11.6 Å². The topological polar surface area (TPSA) is 58.2 Å². The molecule has 0 aliphatic heterocycles. The van der Waals surface area contributed by atoms with Gasteiger partial charge in [-0.05, 0) is 64.3 Å². The highest BCUT2D eigenvalue weighted by atomic mass is 79.9. The first kappa shape index (κ1) is 29.2. The van der Waals surface area contributed by atoms with Crippen molar-refractivity contribution in [1.29, 1.82) is 0 Å². The maximum Gasteiger partial charge on any atom is 0.405 e. The number of amides is 2. The van der Waals surface area contributed by atoms with Gasteiger partial charge in [-0.1, -0.05) is 45.7 Å². The second-order valence-electron chi connectivity index (χ2n) is 7.35. The summed E-state index contributed by atoms with van der Waals surface area (Å²) in [5.41, 5.74) is 0.296. The van der Waals surface area contributed by atoms with Crippen molar-refractivity contribution in [3.63, 3.8) is 0 Å². The molecule has 0 radical (unpaired) electrons. The summed E-state index contributed by atoms with van der Waals surface area (Å²) in [6.45, 7) is -0.331. The number of hydrogen-bond acceptors (Lipinski definition) is 2. The highest BCUT2D eigenvalue weighted by Gasteiger charge is 2.39. The molecular formula is C22H17Br2ClF6N2O2. The Labute approximate surface area is 218 Å². The van der Waals surface area contributed by atoms with E-state index in [1.54, 1.807) is 5.32 Å². The van der Waals surface area contributed by atoms with Crippen LogP contribution < -0.4 is 10.6 Å². The number of carbonyl (C=O) groups is 2. The van der Waals surface area contributed by atoms with Crippen molar-refractivity contribution >= 4 is 61.4 Å². The summed E-state index contributed by atoms with van der Waals surface area (Å²) in [6, 6.07) is 6.80. The highest BCUT2D eigenvalue weighted by Crippen LogP contribution is 2.38. The molecule has 2 atom stereocenters. The maximum atomic E-state index is 13.7. The van der Waals surface area contributed by atoms with Gasteiger partial charge in [0.2, 0.25) is 5.91 Å². The normalized spacial score (nSPS) is 14.0. The monoisotopic (exact) mass is 648 g/mol. The van der Waals surface area contributed by atoms with Gasteiger partial charge in [0.1, 0.15) is 12.6 Å². The number of benzene rings is 2. The van der Waals surface area contributed by atoms with E-state index in [0.717, 1.165) is 6.08 Å². The van der Waals surface area contributed by atoms with E-state index in [-0.39, 0.29) is 20.6 Å². The predicted molar refractivity (Wildman–Crippen MR) is 127 cm³/mol. The van der Waals surface area contributed by atoms with E-state index >= 15 is 0 Å². The number of hydrogen-bond donors (Lipinski definition) is 2. The smallest absolute Gasteiger partial charge is 0.345 e. The van der Waals surface area contributed by atoms with Crippen molar-refractivity contribution in [3.8, 4) is 0 Å². The van der Waals surface area contributed by atoms with E-state index < -0.39 is 42.7 Å². The van der Waals surface area contributed by atoms with E-state index in [1.807, 2.05) is 0 Å². The summed E-state index contributed by atoms with van der Waals surface area (Å²) in [7, 11) is 0. The van der Waals surface area contributed by atoms with Gasteiger partial charge in [-0.3, -0.25) is 9.59 Å². The molecule has 0 saturated heterocycles. The molecular weight excluding hydrogens is 634 g/mol. The first-order valence-corrected chi connectivity index (χ1v) is 11.7. The lowest BCUT2D eigenvalue weighted by atomic mass is 9.97. The third kappa shape index (κ3) is 9.16. The van der Waals surface area contributed by atoms with Crippen molar-refractivity contribution in [3.05, 3.63) is 73.1 Å². The summed E-state index contributed by atoms with van der Waals surface area (Å²) >= 11 is 12.2. The summed E-state index contributed by atoms with van der Waals surface area (Å²) < 4.78 is 78.2. The number of carbonyl (C=O) groups excluding carboxylic acids is 2. The lowest BCUT2D eigenvalue weighted by Crippen LogP contribution is -2.47. The minimum Gasteiger partial charge on any atom is -0.345 e. The molecule has 0 spiro atoms. The van der Waals surface area contributed by atoms with E-state index in [1.165, 1.54) is 49.4 Å². The van der Waals surface area contributed by atoms with Crippen LogP contribution in [0.4, 0.5) is 26.3 Å². The van der Waals surface area contributed by atoms with Gasteiger partial charge >= 0.3 is 12.4 Å². The summed E-state index contributed by atoms with van der Waals surface area (Å²) in [5, 5.41) is 4.06. The number of nitrogens with one attached hydrogen (secondary N) is 2. The van der Waals surface area contributed by atoms with Gasteiger partial charge in [0, 0.05) is 14.0 Å². The lowest BCUT2D eigenvalue weighted by molar-refractivity contribution is -0.139. The molecule has 0 fully saturated rings. The van der Waals surface area contributed by atoms with Gasteiger partial charge in [-0.15, -0.1) is 0 Å². The largest absolute Gasteiger partial charge is 0.405 e. The molecule has 2 aromatic rings. The molecule has 0 aliphatic rings. The lowest BCUT2D eigenvalue weighted by Gasteiger charge is -2.18. The third-order valence-electron chi connectivity index (χ3n) is 4.52. The number of allylic oxidation sites excluding steroid dienone is 1. The molecule has 0 saturated carbocycles. The molecule has 2 unspecified atom stereocenters. The minimum atomic E-state index is -4.60. The summed E-state index contributed by atoms with van der Waals surface area (Å²) in [5.74, 6) is -3.74. The predicted octanol–water partition coefficient (Wildman–Crippen LogP) is 7.02. The van der Waals surface area contributed by atoms with Crippen molar-refractivity contribution < 1.29 is 35.9 Å². The molecule has 2 amide bonds. The number of rotatable bonds is 7. The molecule has 190 valence electrons. The third-order valence-corrected chi connectivity index (χ3v) is 5.85. The fraction of sp³-hybridized carbons (Fsp3) is 0.273. The first-order valence-electron chi connectivity index (χ1n) is 9.72. The number of alkyl halides is 6. The second-order valence-corrected chi connectivity index (χ2v) is 9.56. The van der Waals surface area contributed by atoms with Gasteiger partial charge in [0.05, 0.1) is 11.5 Å². The average Bonchev–Trinajstić information content (AvgIpc) is 2.69. The van der Waals surface area contributed by atoms with Crippen LogP contribution in [0.2, 0.25) is 5.02 Å². The average molecular weight is 651 g/mol. The Bertz CT molecular complexity index is 1100. The molecule has 4 nitrogen and oxygen atoms in total. The van der Waals surface area contributed by atoms with E-state index in [9.17, 15) is 35.9 Å². The van der Waals surface area contributed by atoms with E-state index in [2.05, 4.69) is 37.2 Å². The van der Waals surface area contributed by atoms with Gasteiger partial charge in [0.15, 0.2) is 0 Å². The van der Waals surface area contributed by atoms with Crippen molar-refractivity contribution in [2.75, 3.05) is 6.54 Å². The zero-order valence-corrected chi connectivity index (χ0v) is 21.6. The summed E-state index contributed by atoms with van der Waals surface area (Å²) in [4.78, 5) is 24.1. The van der Waals surface area contributed by atoms with Gasteiger partial charge < -0.3 is 10.6 Å². The standard InChI is InChI=1S/C22H17Br2ClF6N2O2/c1-11(19(34)32-10-21(26,27)28)33-20(35)16-4-2-12(6-18(16)24)3-5-17(22(29,30)31)13-7-14(23)9-15(25)8-13/h2-9,11,17H,10H2,1H3,(H,32,34)(H,33,35)/b5-3+. The molecule has 2 aromatic carbocycles. The van der Waals surface area contributed by atoms with Gasteiger partial charge in [-0.2, -0.15) is 26.3 Å². The van der Waals surface area contributed by atoms with Crippen LogP contribution in [-0.4, -0.2) is 36.8 Å².